The quantitative estimate of drug-likeness (QED) is 0.729. The minimum atomic E-state index is -0.372. The van der Waals surface area contributed by atoms with E-state index in [2.05, 4.69) is 34.5 Å². The van der Waals surface area contributed by atoms with E-state index >= 15 is 0 Å². The number of hydrogen-bond donors (Lipinski definition) is 2. The Kier molecular flexibility index (Phi) is 4.33. The molecule has 0 aliphatic heterocycles. The molecule has 1 atom stereocenters. The van der Waals surface area contributed by atoms with E-state index in [1.54, 1.807) is 23.0 Å². The van der Waals surface area contributed by atoms with E-state index in [4.69, 9.17) is 0 Å². The zero-order valence-corrected chi connectivity index (χ0v) is 15.6. The first kappa shape index (κ1) is 18.1. The molecule has 0 saturated carbocycles. The smallest absolute Gasteiger partial charge is 0.272 e. The lowest BCUT2D eigenvalue weighted by Crippen LogP contribution is -2.37. The fourth-order valence-electron chi connectivity index (χ4n) is 3.70. The van der Waals surface area contributed by atoms with Gasteiger partial charge in [0.25, 0.3) is 11.5 Å². The van der Waals surface area contributed by atoms with Crippen molar-refractivity contribution in [3.63, 3.8) is 0 Å². The van der Waals surface area contributed by atoms with Crippen molar-refractivity contribution in [1.82, 2.24) is 25.3 Å². The molecule has 4 rings (SSSR count). The molecular weight excluding hydrogens is 361 g/mol. The molecule has 0 saturated heterocycles. The van der Waals surface area contributed by atoms with E-state index in [-0.39, 0.29) is 34.4 Å². The second-order valence-corrected chi connectivity index (χ2v) is 7.82. The summed E-state index contributed by atoms with van der Waals surface area (Å²) in [7, 11) is 0. The Hall–Kier alpha value is -3.29. The van der Waals surface area contributed by atoms with Crippen molar-refractivity contribution in [2.45, 2.75) is 32.7 Å². The minimum Gasteiger partial charge on any atom is -0.344 e. The van der Waals surface area contributed by atoms with Gasteiger partial charge in [-0.2, -0.15) is 10.2 Å². The molecule has 28 heavy (non-hydrogen) atoms. The van der Waals surface area contributed by atoms with Crippen LogP contribution in [0.3, 0.4) is 0 Å². The van der Waals surface area contributed by atoms with Crippen LogP contribution in [0.1, 0.15) is 48.1 Å². The molecular formula is C20H20FN5O2. The highest BCUT2D eigenvalue weighted by atomic mass is 19.1. The van der Waals surface area contributed by atoms with Crippen molar-refractivity contribution in [3.05, 3.63) is 75.7 Å². The number of hydrogen-bond acceptors (Lipinski definition) is 4. The summed E-state index contributed by atoms with van der Waals surface area (Å²) < 4.78 is 15.4. The van der Waals surface area contributed by atoms with Crippen molar-refractivity contribution in [3.8, 4) is 5.69 Å². The predicted octanol–water partition coefficient (Wildman–Crippen LogP) is 2.54. The average molecular weight is 381 g/mol. The van der Waals surface area contributed by atoms with E-state index in [9.17, 15) is 14.0 Å². The van der Waals surface area contributed by atoms with Crippen molar-refractivity contribution < 1.29 is 9.18 Å². The summed E-state index contributed by atoms with van der Waals surface area (Å²) in [4.78, 5) is 23.8. The van der Waals surface area contributed by atoms with Gasteiger partial charge in [0, 0.05) is 11.6 Å². The van der Waals surface area contributed by atoms with Gasteiger partial charge >= 0.3 is 0 Å². The first-order chi connectivity index (χ1) is 13.3. The molecule has 1 aliphatic rings. The molecule has 8 heteroatoms. The molecule has 1 aromatic carbocycles. The molecule has 7 nitrogen and oxygen atoms in total. The standard InChI is InChI=1S/C20H20FN5O2/c1-20(2)9-16(23-19(28)15-6-7-18(27)25-24-15)14-11-22-26(17(14)10-20)13-5-3-4-12(21)8-13/h3-8,11,16H,9-10H2,1-2H3,(H,23,28)(H,25,27)/t16-/m1/s1. The highest BCUT2D eigenvalue weighted by Crippen LogP contribution is 2.41. The molecule has 0 unspecified atom stereocenters. The number of carbonyl (C=O) groups excluding carboxylic acids is 1. The summed E-state index contributed by atoms with van der Waals surface area (Å²) in [6, 6.07) is 8.67. The summed E-state index contributed by atoms with van der Waals surface area (Å²) in [6.45, 7) is 4.24. The summed E-state index contributed by atoms with van der Waals surface area (Å²) in [5.74, 6) is -0.700. The van der Waals surface area contributed by atoms with E-state index in [0.717, 1.165) is 24.1 Å². The van der Waals surface area contributed by atoms with Gasteiger partial charge in [-0.05, 0) is 42.5 Å². The molecule has 1 amide bonds. The third-order valence-corrected chi connectivity index (χ3v) is 4.95. The number of rotatable bonds is 3. The second kappa shape index (κ2) is 6.70. The largest absolute Gasteiger partial charge is 0.344 e. The second-order valence-electron chi connectivity index (χ2n) is 7.82. The van der Waals surface area contributed by atoms with Crippen molar-refractivity contribution >= 4 is 5.91 Å². The number of nitrogens with one attached hydrogen (secondary N) is 2. The lowest BCUT2D eigenvalue weighted by molar-refractivity contribution is 0.0913. The highest BCUT2D eigenvalue weighted by Gasteiger charge is 2.36. The minimum absolute atomic E-state index is 0.0888. The number of carbonyl (C=O) groups is 1. The Balaban J connectivity index is 1.68. The van der Waals surface area contributed by atoms with Gasteiger partial charge in [-0.15, -0.1) is 0 Å². The Labute approximate surface area is 160 Å². The van der Waals surface area contributed by atoms with Gasteiger partial charge in [0.05, 0.1) is 23.6 Å². The lowest BCUT2D eigenvalue weighted by Gasteiger charge is -2.35. The fraction of sp³-hybridized carbons (Fsp3) is 0.300. The summed E-state index contributed by atoms with van der Waals surface area (Å²) in [5.41, 5.74) is 2.18. The van der Waals surface area contributed by atoms with Crippen LogP contribution in [-0.4, -0.2) is 25.9 Å². The first-order valence-corrected chi connectivity index (χ1v) is 9.02. The molecule has 0 spiro atoms. The number of benzene rings is 1. The SMILES string of the molecule is CC1(C)Cc2c(cnn2-c2cccc(F)c2)[C@H](NC(=O)c2ccc(=O)[nH]n2)C1. The number of nitrogens with zero attached hydrogens (tertiary/aromatic N) is 3. The highest BCUT2D eigenvalue weighted by molar-refractivity contribution is 5.92. The molecule has 2 N–H and O–H groups in total. The number of amides is 1. The summed E-state index contributed by atoms with van der Waals surface area (Å²) in [5, 5.41) is 13.5. The average Bonchev–Trinajstić information content (AvgIpc) is 3.05. The zero-order valence-electron chi connectivity index (χ0n) is 15.6. The van der Waals surface area contributed by atoms with E-state index in [0.29, 0.717) is 5.69 Å². The van der Waals surface area contributed by atoms with E-state index < -0.39 is 0 Å². The molecule has 2 aromatic heterocycles. The molecule has 3 aromatic rings. The van der Waals surface area contributed by atoms with Gasteiger partial charge in [0.1, 0.15) is 11.5 Å². The van der Waals surface area contributed by atoms with Crippen LogP contribution in [0.4, 0.5) is 4.39 Å². The van der Waals surface area contributed by atoms with Crippen LogP contribution in [0.25, 0.3) is 5.69 Å². The van der Waals surface area contributed by atoms with Crippen LogP contribution in [0.5, 0.6) is 0 Å². The third kappa shape index (κ3) is 3.45. The number of aromatic amines is 1. The zero-order chi connectivity index (χ0) is 19.9. The van der Waals surface area contributed by atoms with Gasteiger partial charge in [0.2, 0.25) is 0 Å². The first-order valence-electron chi connectivity index (χ1n) is 9.02. The van der Waals surface area contributed by atoms with Gasteiger partial charge in [-0.1, -0.05) is 19.9 Å². The maximum atomic E-state index is 13.7. The molecule has 2 heterocycles. The van der Waals surface area contributed by atoms with Gasteiger partial charge < -0.3 is 5.32 Å². The van der Waals surface area contributed by atoms with Gasteiger partial charge in [-0.25, -0.2) is 14.2 Å². The van der Waals surface area contributed by atoms with Crippen LogP contribution in [0.2, 0.25) is 0 Å². The maximum absolute atomic E-state index is 13.7. The topological polar surface area (TPSA) is 92.7 Å². The van der Waals surface area contributed by atoms with Crippen molar-refractivity contribution in [2.75, 3.05) is 0 Å². The summed E-state index contributed by atoms with van der Waals surface area (Å²) >= 11 is 0. The molecule has 0 radical (unpaired) electrons. The summed E-state index contributed by atoms with van der Waals surface area (Å²) in [6.07, 6.45) is 3.20. The van der Waals surface area contributed by atoms with Crippen molar-refractivity contribution in [2.24, 2.45) is 5.41 Å². The molecule has 1 aliphatic carbocycles. The number of aromatic nitrogens is 4. The number of halogens is 1. The van der Waals surface area contributed by atoms with Gasteiger partial charge in [0.15, 0.2) is 0 Å². The normalized spacial score (nSPS) is 17.8. The Morgan fingerprint density at radius 2 is 2.14 bits per heavy atom. The van der Waals surface area contributed by atoms with E-state index in [1.807, 2.05) is 0 Å². The van der Waals surface area contributed by atoms with Crippen LogP contribution in [-0.2, 0) is 6.42 Å². The Morgan fingerprint density at radius 3 is 2.86 bits per heavy atom. The van der Waals surface area contributed by atoms with Crippen LogP contribution in [0, 0.1) is 11.2 Å². The maximum Gasteiger partial charge on any atom is 0.272 e. The monoisotopic (exact) mass is 381 g/mol. The van der Waals surface area contributed by atoms with Crippen LogP contribution >= 0.6 is 0 Å². The van der Waals surface area contributed by atoms with Gasteiger partial charge in [-0.3, -0.25) is 9.59 Å². The molecule has 0 fully saturated rings. The molecule has 0 bridgehead atoms. The van der Waals surface area contributed by atoms with Crippen LogP contribution in [0.15, 0.2) is 47.4 Å². The Morgan fingerprint density at radius 1 is 1.32 bits per heavy atom. The van der Waals surface area contributed by atoms with E-state index in [1.165, 1.54) is 24.3 Å². The molecule has 144 valence electrons. The fourth-order valence-corrected chi connectivity index (χ4v) is 3.70. The lowest BCUT2D eigenvalue weighted by atomic mass is 9.74. The number of fused-ring (bicyclic) bond motifs is 1. The predicted molar refractivity (Wildman–Crippen MR) is 101 cm³/mol. The third-order valence-electron chi connectivity index (χ3n) is 4.95. The Bertz CT molecular complexity index is 1080. The van der Waals surface area contributed by atoms with Crippen molar-refractivity contribution in [1.29, 1.82) is 0 Å². The van der Waals surface area contributed by atoms with Crippen LogP contribution < -0.4 is 10.9 Å². The number of H-pyrrole nitrogens is 1.